The molecular formula is C12H13F3O4. The SMILES string of the molecule is CCOC(=O)C(O)C(O)c1ccccc1C(F)(F)F. The number of aliphatic hydroxyl groups excluding tert-OH is 2. The second-order valence-electron chi connectivity index (χ2n) is 3.73. The van der Waals surface area contributed by atoms with Crippen molar-refractivity contribution in [3.05, 3.63) is 35.4 Å². The van der Waals surface area contributed by atoms with Crippen LogP contribution in [0.2, 0.25) is 0 Å². The molecule has 0 fully saturated rings. The topological polar surface area (TPSA) is 66.8 Å². The lowest BCUT2D eigenvalue weighted by Gasteiger charge is -2.20. The molecule has 19 heavy (non-hydrogen) atoms. The number of rotatable bonds is 4. The van der Waals surface area contributed by atoms with Crippen LogP contribution in [0.1, 0.15) is 24.2 Å². The van der Waals surface area contributed by atoms with Gasteiger partial charge in [-0.15, -0.1) is 0 Å². The Balaban J connectivity index is 3.06. The molecule has 0 aliphatic heterocycles. The molecule has 7 heteroatoms. The summed E-state index contributed by atoms with van der Waals surface area (Å²) in [7, 11) is 0. The minimum atomic E-state index is -4.69. The van der Waals surface area contributed by atoms with E-state index < -0.39 is 35.5 Å². The van der Waals surface area contributed by atoms with Gasteiger partial charge in [-0.1, -0.05) is 18.2 Å². The summed E-state index contributed by atoms with van der Waals surface area (Å²) in [5, 5.41) is 19.1. The van der Waals surface area contributed by atoms with E-state index in [0.717, 1.165) is 18.2 Å². The molecule has 2 atom stereocenters. The molecule has 0 radical (unpaired) electrons. The van der Waals surface area contributed by atoms with Gasteiger partial charge in [-0.2, -0.15) is 13.2 Å². The predicted octanol–water partition coefficient (Wildman–Crippen LogP) is 1.66. The van der Waals surface area contributed by atoms with Crippen LogP contribution in [-0.2, 0) is 15.7 Å². The Bertz CT molecular complexity index is 445. The molecule has 0 spiro atoms. The van der Waals surface area contributed by atoms with Crippen molar-refractivity contribution in [1.82, 2.24) is 0 Å². The average Bonchev–Trinajstić information content (AvgIpc) is 2.36. The summed E-state index contributed by atoms with van der Waals surface area (Å²) in [6, 6.07) is 4.17. The maximum Gasteiger partial charge on any atom is 0.416 e. The van der Waals surface area contributed by atoms with Crippen molar-refractivity contribution in [3.63, 3.8) is 0 Å². The van der Waals surface area contributed by atoms with Crippen LogP contribution in [0.25, 0.3) is 0 Å². The average molecular weight is 278 g/mol. The van der Waals surface area contributed by atoms with E-state index in [9.17, 15) is 28.2 Å². The van der Waals surface area contributed by atoms with Crippen molar-refractivity contribution in [2.24, 2.45) is 0 Å². The molecular weight excluding hydrogens is 265 g/mol. The molecule has 0 aliphatic rings. The van der Waals surface area contributed by atoms with Crippen molar-refractivity contribution < 1.29 is 32.9 Å². The smallest absolute Gasteiger partial charge is 0.416 e. The van der Waals surface area contributed by atoms with Gasteiger partial charge >= 0.3 is 12.1 Å². The Morgan fingerprint density at radius 2 is 1.89 bits per heavy atom. The van der Waals surface area contributed by atoms with Crippen LogP contribution in [0.5, 0.6) is 0 Å². The summed E-state index contributed by atoms with van der Waals surface area (Å²) in [4.78, 5) is 11.2. The second kappa shape index (κ2) is 6.03. The fraction of sp³-hybridized carbons (Fsp3) is 0.417. The molecule has 0 aliphatic carbocycles. The molecule has 0 amide bonds. The zero-order chi connectivity index (χ0) is 14.6. The highest BCUT2D eigenvalue weighted by Crippen LogP contribution is 2.35. The monoisotopic (exact) mass is 278 g/mol. The van der Waals surface area contributed by atoms with Gasteiger partial charge in [-0.3, -0.25) is 0 Å². The van der Waals surface area contributed by atoms with Gasteiger partial charge in [-0.05, 0) is 18.6 Å². The van der Waals surface area contributed by atoms with Crippen LogP contribution in [0, 0.1) is 0 Å². The van der Waals surface area contributed by atoms with Gasteiger partial charge < -0.3 is 14.9 Å². The Morgan fingerprint density at radius 1 is 1.32 bits per heavy atom. The first-order chi connectivity index (χ1) is 8.79. The highest BCUT2D eigenvalue weighted by Gasteiger charge is 2.37. The molecule has 106 valence electrons. The number of alkyl halides is 3. The summed E-state index contributed by atoms with van der Waals surface area (Å²) >= 11 is 0. The summed E-state index contributed by atoms with van der Waals surface area (Å²) in [5.41, 5.74) is -1.68. The standard InChI is InChI=1S/C12H13F3O4/c1-2-19-11(18)10(17)9(16)7-5-3-4-6-8(7)12(13,14)15/h3-6,9-10,16-17H,2H2,1H3. The summed E-state index contributed by atoms with van der Waals surface area (Å²) in [6.07, 6.45) is -8.76. The molecule has 2 N–H and O–H groups in total. The van der Waals surface area contributed by atoms with E-state index in [0.29, 0.717) is 0 Å². The van der Waals surface area contributed by atoms with Crippen molar-refractivity contribution >= 4 is 5.97 Å². The third kappa shape index (κ3) is 3.68. The quantitative estimate of drug-likeness (QED) is 0.822. The highest BCUT2D eigenvalue weighted by molar-refractivity contribution is 5.75. The van der Waals surface area contributed by atoms with Crippen LogP contribution >= 0.6 is 0 Å². The van der Waals surface area contributed by atoms with Gasteiger partial charge in [0.2, 0.25) is 0 Å². The summed E-state index contributed by atoms with van der Waals surface area (Å²) < 4.78 is 42.6. The molecule has 1 rings (SSSR count). The zero-order valence-corrected chi connectivity index (χ0v) is 10.0. The minimum absolute atomic E-state index is 0.0521. The normalized spacial score (nSPS) is 14.8. The first-order valence-corrected chi connectivity index (χ1v) is 5.48. The molecule has 1 aromatic carbocycles. The van der Waals surface area contributed by atoms with E-state index in [1.807, 2.05) is 0 Å². The van der Waals surface area contributed by atoms with E-state index in [4.69, 9.17) is 0 Å². The number of carbonyl (C=O) groups is 1. The summed E-state index contributed by atoms with van der Waals surface area (Å²) in [6.45, 7) is 1.42. The number of halogens is 3. The number of ether oxygens (including phenoxy) is 1. The number of benzene rings is 1. The lowest BCUT2D eigenvalue weighted by Crippen LogP contribution is -2.31. The fourth-order valence-corrected chi connectivity index (χ4v) is 1.54. The lowest BCUT2D eigenvalue weighted by molar-refractivity contribution is -0.161. The Kier molecular flexibility index (Phi) is 4.90. The molecule has 2 unspecified atom stereocenters. The maximum absolute atomic E-state index is 12.7. The molecule has 0 aromatic heterocycles. The highest BCUT2D eigenvalue weighted by atomic mass is 19.4. The van der Waals surface area contributed by atoms with Gasteiger partial charge in [-0.25, -0.2) is 4.79 Å². The third-order valence-electron chi connectivity index (χ3n) is 2.41. The number of hydrogen-bond donors (Lipinski definition) is 2. The van der Waals surface area contributed by atoms with Crippen LogP contribution in [0.3, 0.4) is 0 Å². The fourth-order valence-electron chi connectivity index (χ4n) is 1.54. The van der Waals surface area contributed by atoms with Crippen molar-refractivity contribution in [3.8, 4) is 0 Å². The van der Waals surface area contributed by atoms with E-state index >= 15 is 0 Å². The second-order valence-corrected chi connectivity index (χ2v) is 3.73. The lowest BCUT2D eigenvalue weighted by atomic mass is 9.98. The first kappa shape index (κ1) is 15.5. The van der Waals surface area contributed by atoms with Crippen LogP contribution in [0.4, 0.5) is 13.2 Å². The van der Waals surface area contributed by atoms with Crippen LogP contribution < -0.4 is 0 Å². The molecule has 1 aromatic rings. The Hall–Kier alpha value is -1.60. The van der Waals surface area contributed by atoms with Crippen LogP contribution in [-0.4, -0.2) is 28.9 Å². The number of hydrogen-bond acceptors (Lipinski definition) is 4. The van der Waals surface area contributed by atoms with Gasteiger partial charge in [0.05, 0.1) is 12.2 Å². The van der Waals surface area contributed by atoms with E-state index in [1.165, 1.54) is 13.0 Å². The third-order valence-corrected chi connectivity index (χ3v) is 2.41. The Morgan fingerprint density at radius 3 is 2.42 bits per heavy atom. The number of aliphatic hydroxyl groups is 2. The first-order valence-electron chi connectivity index (χ1n) is 5.48. The van der Waals surface area contributed by atoms with Gasteiger partial charge in [0.25, 0.3) is 0 Å². The minimum Gasteiger partial charge on any atom is -0.464 e. The van der Waals surface area contributed by atoms with Crippen molar-refractivity contribution in [2.45, 2.75) is 25.3 Å². The van der Waals surface area contributed by atoms with Gasteiger partial charge in [0.15, 0.2) is 6.10 Å². The zero-order valence-electron chi connectivity index (χ0n) is 10.0. The maximum atomic E-state index is 12.7. The molecule has 0 saturated carbocycles. The molecule has 4 nitrogen and oxygen atoms in total. The Labute approximate surface area is 107 Å². The number of esters is 1. The van der Waals surface area contributed by atoms with E-state index in [2.05, 4.69) is 4.74 Å². The van der Waals surface area contributed by atoms with Gasteiger partial charge in [0.1, 0.15) is 6.10 Å². The largest absolute Gasteiger partial charge is 0.464 e. The van der Waals surface area contributed by atoms with Crippen molar-refractivity contribution in [2.75, 3.05) is 6.61 Å². The summed E-state index contributed by atoms with van der Waals surface area (Å²) in [5.74, 6) is -1.17. The van der Waals surface area contributed by atoms with Gasteiger partial charge in [0, 0.05) is 0 Å². The molecule has 0 bridgehead atoms. The molecule has 0 saturated heterocycles. The number of carbonyl (C=O) groups excluding carboxylic acids is 1. The van der Waals surface area contributed by atoms with Crippen molar-refractivity contribution in [1.29, 1.82) is 0 Å². The van der Waals surface area contributed by atoms with E-state index in [-0.39, 0.29) is 6.61 Å². The molecule has 0 heterocycles. The van der Waals surface area contributed by atoms with Crippen LogP contribution in [0.15, 0.2) is 24.3 Å². The van der Waals surface area contributed by atoms with E-state index in [1.54, 1.807) is 0 Å². The predicted molar refractivity (Wildman–Crippen MR) is 59.0 cm³/mol.